The van der Waals surface area contributed by atoms with Crippen LogP contribution in [0.5, 0.6) is 5.75 Å². The van der Waals surface area contributed by atoms with Crippen LogP contribution in [0.4, 0.5) is 0 Å². The highest BCUT2D eigenvalue weighted by molar-refractivity contribution is 7.99. The van der Waals surface area contributed by atoms with Crippen LogP contribution in [0.15, 0.2) is 18.2 Å². The monoisotopic (exact) mass is 251 g/mol. The van der Waals surface area contributed by atoms with E-state index in [2.05, 4.69) is 31.5 Å². The fourth-order valence-electron chi connectivity index (χ4n) is 2.26. The highest BCUT2D eigenvalue weighted by Crippen LogP contribution is 2.34. The first-order chi connectivity index (χ1) is 8.02. The summed E-state index contributed by atoms with van der Waals surface area (Å²) < 4.78 is 0.277. The summed E-state index contributed by atoms with van der Waals surface area (Å²) in [4.78, 5) is 0. The van der Waals surface area contributed by atoms with E-state index in [1.165, 1.54) is 11.1 Å². The Balaban J connectivity index is 2.03. The van der Waals surface area contributed by atoms with E-state index in [-0.39, 0.29) is 4.75 Å². The Bertz CT molecular complexity index is 403. The van der Waals surface area contributed by atoms with Crippen molar-refractivity contribution in [3.63, 3.8) is 0 Å². The first kappa shape index (κ1) is 12.8. The number of phenols is 1. The molecule has 0 bridgehead atoms. The Morgan fingerprint density at radius 2 is 2.24 bits per heavy atom. The van der Waals surface area contributed by atoms with Crippen LogP contribution in [0.25, 0.3) is 0 Å². The zero-order chi connectivity index (χ0) is 12.5. The maximum absolute atomic E-state index is 9.46. The Hall–Kier alpha value is -0.670. The molecule has 17 heavy (non-hydrogen) atoms. The number of nitrogens with one attached hydrogen (secondary N) is 1. The van der Waals surface area contributed by atoms with Crippen molar-refractivity contribution in [1.82, 2.24) is 5.32 Å². The number of fused-ring (bicyclic) bond motifs is 1. The molecule has 0 spiro atoms. The molecule has 1 aromatic carbocycles. The summed E-state index contributed by atoms with van der Waals surface area (Å²) in [6.45, 7) is 5.54. The van der Waals surface area contributed by atoms with Gasteiger partial charge in [0.25, 0.3) is 0 Å². The lowest BCUT2D eigenvalue weighted by atomic mass is 10.1. The quantitative estimate of drug-likeness (QED) is 0.862. The van der Waals surface area contributed by atoms with Crippen LogP contribution in [0, 0.1) is 0 Å². The van der Waals surface area contributed by atoms with Crippen molar-refractivity contribution >= 4 is 11.8 Å². The maximum atomic E-state index is 9.46. The number of phenolic OH excluding ortho intramolecular Hbond substituents is 1. The van der Waals surface area contributed by atoms with Gasteiger partial charge in [0.05, 0.1) is 0 Å². The molecular formula is C14H21NOS. The summed E-state index contributed by atoms with van der Waals surface area (Å²) in [6.07, 6.45) is 4.37. The molecule has 94 valence electrons. The molecule has 1 aliphatic rings. The second kappa shape index (κ2) is 4.91. The Morgan fingerprint density at radius 1 is 1.47 bits per heavy atom. The lowest BCUT2D eigenvalue weighted by Crippen LogP contribution is -2.33. The SMILES string of the molecule is CSC(C)(C)CNC1CCc2cc(O)ccc21. The number of hydrogen-bond donors (Lipinski definition) is 2. The fourth-order valence-corrected chi connectivity index (χ4v) is 2.48. The molecule has 3 heteroatoms. The number of aromatic hydroxyl groups is 1. The highest BCUT2D eigenvalue weighted by atomic mass is 32.2. The number of rotatable bonds is 4. The molecule has 0 radical (unpaired) electrons. The number of aryl methyl sites for hydroxylation is 1. The molecule has 0 saturated carbocycles. The van der Waals surface area contributed by atoms with Crippen molar-refractivity contribution < 1.29 is 5.11 Å². The minimum Gasteiger partial charge on any atom is -0.508 e. The molecular weight excluding hydrogens is 230 g/mol. The summed E-state index contributed by atoms with van der Waals surface area (Å²) in [6, 6.07) is 6.20. The van der Waals surface area contributed by atoms with Gasteiger partial charge in [0.2, 0.25) is 0 Å². The first-order valence-corrected chi connectivity index (χ1v) is 7.35. The van der Waals surface area contributed by atoms with E-state index in [9.17, 15) is 5.11 Å². The third-order valence-electron chi connectivity index (χ3n) is 3.53. The second-order valence-corrected chi connectivity index (χ2v) is 6.83. The zero-order valence-electron chi connectivity index (χ0n) is 10.8. The van der Waals surface area contributed by atoms with E-state index < -0.39 is 0 Å². The Labute approximate surface area is 108 Å². The van der Waals surface area contributed by atoms with E-state index in [0.717, 1.165) is 19.4 Å². The average Bonchev–Trinajstić information content (AvgIpc) is 2.69. The molecule has 1 aliphatic carbocycles. The van der Waals surface area contributed by atoms with E-state index in [1.54, 1.807) is 6.07 Å². The van der Waals surface area contributed by atoms with Crippen LogP contribution >= 0.6 is 11.8 Å². The van der Waals surface area contributed by atoms with Crippen LogP contribution < -0.4 is 5.32 Å². The van der Waals surface area contributed by atoms with Crippen LogP contribution in [0.2, 0.25) is 0 Å². The van der Waals surface area contributed by atoms with Gasteiger partial charge in [-0.1, -0.05) is 6.07 Å². The Kier molecular flexibility index (Phi) is 3.69. The van der Waals surface area contributed by atoms with Gasteiger partial charge in [-0.2, -0.15) is 11.8 Å². The van der Waals surface area contributed by atoms with Crippen molar-refractivity contribution in [3.05, 3.63) is 29.3 Å². The van der Waals surface area contributed by atoms with Gasteiger partial charge < -0.3 is 10.4 Å². The van der Waals surface area contributed by atoms with Gasteiger partial charge >= 0.3 is 0 Å². The first-order valence-electron chi connectivity index (χ1n) is 6.12. The van der Waals surface area contributed by atoms with Crippen molar-refractivity contribution in [2.45, 2.75) is 37.5 Å². The van der Waals surface area contributed by atoms with Gasteiger partial charge in [-0.05, 0) is 56.2 Å². The molecule has 0 heterocycles. The predicted molar refractivity (Wildman–Crippen MR) is 74.8 cm³/mol. The van der Waals surface area contributed by atoms with Crippen LogP contribution in [-0.4, -0.2) is 22.7 Å². The average molecular weight is 251 g/mol. The number of thioether (sulfide) groups is 1. The summed E-state index contributed by atoms with van der Waals surface area (Å²) in [5.41, 5.74) is 2.66. The Morgan fingerprint density at radius 3 is 2.94 bits per heavy atom. The van der Waals surface area contributed by atoms with Gasteiger partial charge in [-0.15, -0.1) is 0 Å². The smallest absolute Gasteiger partial charge is 0.115 e. The number of hydrogen-bond acceptors (Lipinski definition) is 3. The summed E-state index contributed by atoms with van der Waals surface area (Å²) >= 11 is 1.89. The van der Waals surface area contributed by atoms with Crippen LogP contribution in [0.1, 0.15) is 37.4 Å². The molecule has 2 N–H and O–H groups in total. The minimum absolute atomic E-state index is 0.277. The van der Waals surface area contributed by atoms with Crippen molar-refractivity contribution in [2.24, 2.45) is 0 Å². The molecule has 2 nitrogen and oxygen atoms in total. The lowest BCUT2D eigenvalue weighted by Gasteiger charge is -2.25. The zero-order valence-corrected chi connectivity index (χ0v) is 11.6. The highest BCUT2D eigenvalue weighted by Gasteiger charge is 2.24. The molecule has 0 saturated heterocycles. The summed E-state index contributed by atoms with van der Waals surface area (Å²) in [5.74, 6) is 0.383. The molecule has 1 atom stereocenters. The molecule has 0 amide bonds. The molecule has 1 aromatic rings. The topological polar surface area (TPSA) is 32.3 Å². The van der Waals surface area contributed by atoms with E-state index in [0.29, 0.717) is 11.8 Å². The third kappa shape index (κ3) is 2.96. The summed E-state index contributed by atoms with van der Waals surface area (Å²) in [5, 5.41) is 13.1. The van der Waals surface area contributed by atoms with Gasteiger partial charge in [-0.25, -0.2) is 0 Å². The van der Waals surface area contributed by atoms with Gasteiger partial charge in [0.1, 0.15) is 5.75 Å². The minimum atomic E-state index is 0.277. The van der Waals surface area contributed by atoms with Gasteiger partial charge in [0.15, 0.2) is 0 Å². The van der Waals surface area contributed by atoms with Crippen LogP contribution in [-0.2, 0) is 6.42 Å². The third-order valence-corrected chi connectivity index (χ3v) is 4.78. The standard InChI is InChI=1S/C14H21NOS/c1-14(2,17-3)9-15-13-7-4-10-8-11(16)5-6-12(10)13/h5-6,8,13,15-16H,4,7,9H2,1-3H3. The number of benzene rings is 1. The van der Waals surface area contributed by atoms with Crippen molar-refractivity contribution in [1.29, 1.82) is 0 Å². The lowest BCUT2D eigenvalue weighted by molar-refractivity contribution is 0.474. The summed E-state index contributed by atoms with van der Waals surface area (Å²) in [7, 11) is 0. The van der Waals surface area contributed by atoms with Crippen molar-refractivity contribution in [2.75, 3.05) is 12.8 Å². The van der Waals surface area contributed by atoms with Gasteiger partial charge in [-0.3, -0.25) is 0 Å². The maximum Gasteiger partial charge on any atom is 0.115 e. The second-order valence-electron chi connectivity index (χ2n) is 5.32. The van der Waals surface area contributed by atoms with Crippen molar-refractivity contribution in [3.8, 4) is 5.75 Å². The van der Waals surface area contributed by atoms with Gasteiger partial charge in [0, 0.05) is 17.3 Å². The largest absolute Gasteiger partial charge is 0.508 e. The fraction of sp³-hybridized carbons (Fsp3) is 0.571. The molecule has 0 aromatic heterocycles. The van der Waals surface area contributed by atoms with E-state index >= 15 is 0 Å². The van der Waals surface area contributed by atoms with Crippen LogP contribution in [0.3, 0.4) is 0 Å². The van der Waals surface area contributed by atoms with E-state index in [4.69, 9.17) is 0 Å². The molecule has 2 rings (SSSR count). The molecule has 0 fully saturated rings. The molecule has 1 unspecified atom stereocenters. The molecule has 0 aliphatic heterocycles. The predicted octanol–water partition coefficient (Wildman–Crippen LogP) is 3.11. The normalized spacial score (nSPS) is 19.4. The van der Waals surface area contributed by atoms with E-state index in [1.807, 2.05) is 17.8 Å².